The third-order valence-corrected chi connectivity index (χ3v) is 3.17. The lowest BCUT2D eigenvalue weighted by atomic mass is 10.2. The summed E-state index contributed by atoms with van der Waals surface area (Å²) in [5, 5.41) is 13.7. The summed E-state index contributed by atoms with van der Waals surface area (Å²) in [5.74, 6) is -1.09. The van der Waals surface area contributed by atoms with Gasteiger partial charge in [-0.1, -0.05) is 41.4 Å². The van der Waals surface area contributed by atoms with E-state index in [0.29, 0.717) is 10.7 Å². The molecular formula is C14H10Cl2N2O2. The van der Waals surface area contributed by atoms with Crippen LogP contribution in [0.3, 0.4) is 0 Å². The van der Waals surface area contributed by atoms with E-state index in [-0.39, 0.29) is 10.6 Å². The molecule has 0 fully saturated rings. The molecule has 2 aromatic carbocycles. The maximum absolute atomic E-state index is 10.9. The Morgan fingerprint density at radius 2 is 1.90 bits per heavy atom. The number of aromatic carboxylic acids is 1. The highest BCUT2D eigenvalue weighted by molar-refractivity contribution is 6.33. The number of carboxylic acids is 1. The molecule has 0 saturated heterocycles. The van der Waals surface area contributed by atoms with Crippen LogP contribution in [0.5, 0.6) is 0 Å². The molecule has 0 atom stereocenters. The van der Waals surface area contributed by atoms with Crippen LogP contribution >= 0.6 is 23.2 Å². The second kappa shape index (κ2) is 6.41. The van der Waals surface area contributed by atoms with Crippen LogP contribution in [0.2, 0.25) is 10.0 Å². The predicted molar refractivity (Wildman–Crippen MR) is 81.1 cm³/mol. The summed E-state index contributed by atoms with van der Waals surface area (Å²) in [6.45, 7) is 0. The monoisotopic (exact) mass is 308 g/mol. The molecule has 0 aromatic heterocycles. The molecule has 0 spiro atoms. The van der Waals surface area contributed by atoms with Crippen molar-refractivity contribution in [1.29, 1.82) is 0 Å². The van der Waals surface area contributed by atoms with Gasteiger partial charge in [-0.25, -0.2) is 4.79 Å². The van der Waals surface area contributed by atoms with Crippen LogP contribution in [-0.2, 0) is 0 Å². The van der Waals surface area contributed by atoms with E-state index in [1.54, 1.807) is 18.3 Å². The van der Waals surface area contributed by atoms with E-state index in [1.807, 2.05) is 18.2 Å². The first-order valence-electron chi connectivity index (χ1n) is 5.64. The van der Waals surface area contributed by atoms with E-state index < -0.39 is 5.97 Å². The molecule has 20 heavy (non-hydrogen) atoms. The van der Waals surface area contributed by atoms with Crippen LogP contribution in [0.4, 0.5) is 5.69 Å². The smallest absolute Gasteiger partial charge is 0.337 e. The van der Waals surface area contributed by atoms with Crippen LogP contribution in [0, 0.1) is 0 Å². The lowest BCUT2D eigenvalue weighted by molar-refractivity contribution is 0.0697. The fourth-order valence-electron chi connectivity index (χ4n) is 1.51. The number of hydrazone groups is 1. The van der Waals surface area contributed by atoms with Gasteiger partial charge in [0.15, 0.2) is 0 Å². The number of hydrogen-bond acceptors (Lipinski definition) is 3. The van der Waals surface area contributed by atoms with E-state index in [9.17, 15) is 4.79 Å². The van der Waals surface area contributed by atoms with Crippen molar-refractivity contribution in [2.24, 2.45) is 5.10 Å². The molecule has 0 saturated carbocycles. The Morgan fingerprint density at radius 3 is 2.60 bits per heavy atom. The summed E-state index contributed by atoms with van der Waals surface area (Å²) in [6, 6.07) is 11.8. The highest BCUT2D eigenvalue weighted by Gasteiger charge is 2.08. The Morgan fingerprint density at radius 1 is 1.15 bits per heavy atom. The molecule has 0 heterocycles. The number of nitrogens with one attached hydrogen (secondary N) is 1. The van der Waals surface area contributed by atoms with Crippen molar-refractivity contribution in [3.63, 3.8) is 0 Å². The summed E-state index contributed by atoms with van der Waals surface area (Å²) in [4.78, 5) is 10.9. The van der Waals surface area contributed by atoms with Crippen molar-refractivity contribution < 1.29 is 9.90 Å². The third-order valence-electron chi connectivity index (χ3n) is 2.50. The van der Waals surface area contributed by atoms with Gasteiger partial charge in [-0.05, 0) is 24.3 Å². The van der Waals surface area contributed by atoms with Gasteiger partial charge in [0.05, 0.1) is 22.5 Å². The Kier molecular flexibility index (Phi) is 4.61. The molecular weight excluding hydrogens is 299 g/mol. The van der Waals surface area contributed by atoms with Gasteiger partial charge in [0.25, 0.3) is 0 Å². The van der Waals surface area contributed by atoms with Gasteiger partial charge in [-0.3, -0.25) is 5.43 Å². The van der Waals surface area contributed by atoms with Crippen LogP contribution in [0.1, 0.15) is 15.9 Å². The minimum Gasteiger partial charge on any atom is -0.478 e. The van der Waals surface area contributed by atoms with Crippen molar-refractivity contribution in [3.05, 3.63) is 63.6 Å². The van der Waals surface area contributed by atoms with Crippen molar-refractivity contribution in [1.82, 2.24) is 0 Å². The fourth-order valence-corrected chi connectivity index (χ4v) is 1.90. The first kappa shape index (κ1) is 14.4. The normalized spacial score (nSPS) is 10.7. The predicted octanol–water partition coefficient (Wildman–Crippen LogP) is 4.14. The van der Waals surface area contributed by atoms with E-state index in [4.69, 9.17) is 28.3 Å². The number of carboxylic acid groups (broad SMARTS) is 1. The van der Waals surface area contributed by atoms with Gasteiger partial charge in [-0.2, -0.15) is 5.10 Å². The minimum absolute atomic E-state index is 0.0182. The van der Waals surface area contributed by atoms with Gasteiger partial charge in [0.1, 0.15) is 0 Å². The maximum atomic E-state index is 10.9. The number of hydrogen-bond donors (Lipinski definition) is 2. The molecule has 2 rings (SSSR count). The largest absolute Gasteiger partial charge is 0.478 e. The zero-order valence-corrected chi connectivity index (χ0v) is 11.7. The Labute approximate surface area is 125 Å². The van der Waals surface area contributed by atoms with Gasteiger partial charge >= 0.3 is 5.97 Å². The lowest BCUT2D eigenvalue weighted by Gasteiger charge is -2.03. The van der Waals surface area contributed by atoms with E-state index in [2.05, 4.69) is 10.5 Å². The summed E-state index contributed by atoms with van der Waals surface area (Å²) in [7, 11) is 0. The molecule has 2 N–H and O–H groups in total. The first-order chi connectivity index (χ1) is 9.58. The Hall–Kier alpha value is -2.04. The molecule has 0 aliphatic rings. The van der Waals surface area contributed by atoms with E-state index in [1.165, 1.54) is 12.1 Å². The number of benzene rings is 2. The number of nitrogens with zero attached hydrogens (tertiary/aromatic N) is 1. The van der Waals surface area contributed by atoms with Crippen molar-refractivity contribution in [3.8, 4) is 0 Å². The van der Waals surface area contributed by atoms with Crippen LogP contribution in [0.15, 0.2) is 47.6 Å². The average Bonchev–Trinajstić information content (AvgIpc) is 2.42. The Balaban J connectivity index is 2.14. The second-order valence-corrected chi connectivity index (χ2v) is 4.71. The Bertz CT molecular complexity index is 672. The molecule has 102 valence electrons. The van der Waals surface area contributed by atoms with Crippen LogP contribution < -0.4 is 5.43 Å². The SMILES string of the molecule is O=C(O)c1cc(N/N=C\c2ccccc2Cl)ccc1Cl. The highest BCUT2D eigenvalue weighted by atomic mass is 35.5. The fraction of sp³-hybridized carbons (Fsp3) is 0. The van der Waals surface area contributed by atoms with E-state index in [0.717, 1.165) is 5.56 Å². The first-order valence-corrected chi connectivity index (χ1v) is 6.40. The number of halogens is 2. The van der Waals surface area contributed by atoms with Crippen molar-refractivity contribution >= 4 is 41.1 Å². The highest BCUT2D eigenvalue weighted by Crippen LogP contribution is 2.20. The number of carbonyl (C=O) groups is 1. The molecule has 2 aromatic rings. The summed E-state index contributed by atoms with van der Waals surface area (Å²) < 4.78 is 0. The van der Waals surface area contributed by atoms with E-state index >= 15 is 0 Å². The van der Waals surface area contributed by atoms with Gasteiger partial charge in [-0.15, -0.1) is 0 Å². The van der Waals surface area contributed by atoms with Crippen molar-refractivity contribution in [2.45, 2.75) is 0 Å². The summed E-state index contributed by atoms with van der Waals surface area (Å²) in [5.41, 5.74) is 4.03. The van der Waals surface area contributed by atoms with Gasteiger partial charge in [0.2, 0.25) is 0 Å². The molecule has 0 amide bonds. The minimum atomic E-state index is -1.09. The average molecular weight is 309 g/mol. The van der Waals surface area contributed by atoms with Crippen LogP contribution in [-0.4, -0.2) is 17.3 Å². The molecule has 6 heteroatoms. The molecule has 0 unspecified atom stereocenters. The molecule has 4 nitrogen and oxygen atoms in total. The number of anilines is 1. The van der Waals surface area contributed by atoms with Crippen molar-refractivity contribution in [2.75, 3.05) is 5.43 Å². The molecule has 0 aliphatic heterocycles. The molecule has 0 bridgehead atoms. The van der Waals surface area contributed by atoms with Gasteiger partial charge < -0.3 is 5.11 Å². The summed E-state index contributed by atoms with van der Waals surface area (Å²) in [6.07, 6.45) is 1.55. The molecule has 0 aliphatic carbocycles. The number of rotatable bonds is 4. The standard InChI is InChI=1S/C14H10Cl2N2O2/c15-12-4-2-1-3-9(12)8-17-18-10-5-6-13(16)11(7-10)14(19)20/h1-8,18H,(H,19,20)/b17-8-. The lowest BCUT2D eigenvalue weighted by Crippen LogP contribution is -1.99. The summed E-state index contributed by atoms with van der Waals surface area (Å²) >= 11 is 11.8. The molecule has 0 radical (unpaired) electrons. The topological polar surface area (TPSA) is 61.7 Å². The second-order valence-electron chi connectivity index (χ2n) is 3.89. The maximum Gasteiger partial charge on any atom is 0.337 e. The zero-order valence-electron chi connectivity index (χ0n) is 10.2. The van der Waals surface area contributed by atoms with Crippen LogP contribution in [0.25, 0.3) is 0 Å². The quantitative estimate of drug-likeness (QED) is 0.659. The third kappa shape index (κ3) is 3.50. The van der Waals surface area contributed by atoms with Gasteiger partial charge in [0, 0.05) is 10.6 Å². The zero-order chi connectivity index (χ0) is 14.5.